The molecule has 28 heavy (non-hydrogen) atoms. The number of nitrogens with one attached hydrogen (secondary N) is 2. The molecule has 0 bridgehead atoms. The molecule has 0 fully saturated rings. The van der Waals surface area contributed by atoms with Crippen molar-refractivity contribution in [2.45, 2.75) is 25.5 Å². The summed E-state index contributed by atoms with van der Waals surface area (Å²) in [5.41, 5.74) is 1.34. The van der Waals surface area contributed by atoms with Gasteiger partial charge in [-0.2, -0.15) is 0 Å². The summed E-state index contributed by atoms with van der Waals surface area (Å²) in [6.45, 7) is 0.853. The van der Waals surface area contributed by atoms with Gasteiger partial charge in [0.25, 0.3) is 18.5 Å². The van der Waals surface area contributed by atoms with Gasteiger partial charge in [-0.1, -0.05) is 49.5 Å². The smallest absolute Gasteiger partial charge is 0.294 e. The van der Waals surface area contributed by atoms with Crippen molar-refractivity contribution in [3.63, 3.8) is 0 Å². The van der Waals surface area contributed by atoms with E-state index >= 15 is 0 Å². The Bertz CT molecular complexity index is 876. The molecule has 0 heterocycles. The van der Waals surface area contributed by atoms with Crippen LogP contribution in [0.25, 0.3) is 0 Å². The Balaban J connectivity index is 2.21. The van der Waals surface area contributed by atoms with E-state index in [-0.39, 0.29) is 11.2 Å². The monoisotopic (exact) mass is 419 g/mol. The van der Waals surface area contributed by atoms with Crippen molar-refractivity contribution in [3.05, 3.63) is 65.7 Å². The first kappa shape index (κ1) is 22.2. The standard InChI is InChI=1S/C20H26N3O3PS/c1-5-15(2)28-27(26,21-3)23(4)20(25)17-11-9-10-16(14-17)19(24)22-18-12-7-6-8-13-18/h6-15H,5H2,1-4H3,(H,21,26)(H,22,24). The van der Waals surface area contributed by atoms with E-state index in [0.717, 1.165) is 6.42 Å². The molecule has 6 nitrogen and oxygen atoms in total. The highest BCUT2D eigenvalue weighted by Crippen LogP contribution is 2.59. The molecule has 2 aromatic rings. The number of amides is 2. The molecule has 0 aliphatic carbocycles. The van der Waals surface area contributed by atoms with Crippen molar-refractivity contribution in [2.75, 3.05) is 19.4 Å². The van der Waals surface area contributed by atoms with Crippen molar-refractivity contribution in [2.24, 2.45) is 0 Å². The highest BCUT2D eigenvalue weighted by Gasteiger charge is 2.33. The molecule has 0 aliphatic rings. The molecule has 0 saturated carbocycles. The summed E-state index contributed by atoms with van der Waals surface area (Å²) in [7, 11) is 3.11. The maximum Gasteiger partial charge on any atom is 0.294 e. The molecule has 2 atom stereocenters. The van der Waals surface area contributed by atoms with Crippen LogP contribution in [0.1, 0.15) is 41.0 Å². The molecule has 2 unspecified atom stereocenters. The molecule has 0 spiro atoms. The lowest BCUT2D eigenvalue weighted by atomic mass is 10.1. The number of benzene rings is 2. The van der Waals surface area contributed by atoms with Gasteiger partial charge < -0.3 is 5.32 Å². The lowest BCUT2D eigenvalue weighted by Gasteiger charge is -2.29. The summed E-state index contributed by atoms with van der Waals surface area (Å²) in [6, 6.07) is 15.5. The number of carbonyl (C=O) groups is 2. The van der Waals surface area contributed by atoms with Crippen LogP contribution in [0.2, 0.25) is 0 Å². The van der Waals surface area contributed by atoms with Gasteiger partial charge in [0.15, 0.2) is 0 Å². The van der Waals surface area contributed by atoms with Crippen molar-refractivity contribution in [1.82, 2.24) is 9.76 Å². The summed E-state index contributed by atoms with van der Waals surface area (Å²) in [5, 5.41) is 5.74. The van der Waals surface area contributed by atoms with E-state index in [4.69, 9.17) is 0 Å². The van der Waals surface area contributed by atoms with Gasteiger partial charge in [0.05, 0.1) is 0 Å². The highest BCUT2D eigenvalue weighted by molar-refractivity contribution is 8.57. The van der Waals surface area contributed by atoms with Gasteiger partial charge >= 0.3 is 0 Å². The molecule has 0 aliphatic heterocycles. The number of hydrogen-bond acceptors (Lipinski definition) is 4. The second kappa shape index (κ2) is 9.92. The van der Waals surface area contributed by atoms with Gasteiger partial charge in [-0.15, -0.1) is 0 Å². The zero-order valence-corrected chi connectivity index (χ0v) is 18.2. The molecular formula is C20H26N3O3PS. The van der Waals surface area contributed by atoms with Crippen molar-refractivity contribution >= 4 is 35.5 Å². The number of rotatable bonds is 8. The fourth-order valence-electron chi connectivity index (χ4n) is 2.42. The lowest BCUT2D eigenvalue weighted by molar-refractivity contribution is 0.0882. The Morgan fingerprint density at radius 2 is 1.75 bits per heavy atom. The fraction of sp³-hybridized carbons (Fsp3) is 0.300. The van der Waals surface area contributed by atoms with E-state index in [1.807, 2.05) is 32.0 Å². The average Bonchev–Trinajstić information content (AvgIpc) is 2.73. The van der Waals surface area contributed by atoms with Gasteiger partial charge in [-0.25, -0.2) is 5.09 Å². The minimum atomic E-state index is -3.13. The van der Waals surface area contributed by atoms with E-state index in [9.17, 15) is 14.2 Å². The number of para-hydroxylation sites is 1. The summed E-state index contributed by atoms with van der Waals surface area (Å²) in [6.07, 6.45) is 0.841. The SMILES string of the molecule is CCC(C)SP(=O)(NC)N(C)C(=O)c1cccc(C(=O)Nc2ccccc2)c1. The second-order valence-corrected chi connectivity index (χ2v) is 11.5. The number of hydrogen-bond donors (Lipinski definition) is 2. The molecule has 150 valence electrons. The minimum Gasteiger partial charge on any atom is -0.322 e. The molecule has 2 rings (SSSR count). The van der Waals surface area contributed by atoms with Crippen molar-refractivity contribution in [3.8, 4) is 0 Å². The van der Waals surface area contributed by atoms with Crippen LogP contribution in [-0.2, 0) is 4.57 Å². The van der Waals surface area contributed by atoms with Gasteiger partial charge in [0.2, 0.25) is 0 Å². The maximum absolute atomic E-state index is 13.2. The number of carbonyl (C=O) groups excluding carboxylic acids is 2. The van der Waals surface area contributed by atoms with Gasteiger partial charge in [0.1, 0.15) is 0 Å². The fourth-order valence-corrected chi connectivity index (χ4v) is 6.83. The van der Waals surface area contributed by atoms with Crippen LogP contribution >= 0.6 is 18.0 Å². The third-order valence-electron chi connectivity index (χ3n) is 4.27. The quantitative estimate of drug-likeness (QED) is 0.597. The number of anilines is 1. The lowest BCUT2D eigenvalue weighted by Crippen LogP contribution is -2.28. The molecule has 0 radical (unpaired) electrons. The molecule has 2 amide bonds. The molecule has 0 saturated heterocycles. The maximum atomic E-state index is 13.2. The van der Waals surface area contributed by atoms with Crippen LogP contribution in [0.4, 0.5) is 5.69 Å². The Hall–Kier alpha value is -2.08. The van der Waals surface area contributed by atoms with Crippen molar-refractivity contribution in [1.29, 1.82) is 0 Å². The zero-order chi connectivity index (χ0) is 20.7. The van der Waals surface area contributed by atoms with Crippen LogP contribution in [0.5, 0.6) is 0 Å². The molecule has 2 aromatic carbocycles. The van der Waals surface area contributed by atoms with Gasteiger partial charge in [0, 0.05) is 29.1 Å². The molecular weight excluding hydrogens is 393 g/mol. The van der Waals surface area contributed by atoms with E-state index < -0.39 is 12.6 Å². The third-order valence-corrected chi connectivity index (χ3v) is 10.0. The summed E-state index contributed by atoms with van der Waals surface area (Å²) in [4.78, 5) is 25.4. The average molecular weight is 419 g/mol. The topological polar surface area (TPSA) is 78.5 Å². The molecule has 8 heteroatoms. The normalized spacial score (nSPS) is 14.0. The Morgan fingerprint density at radius 3 is 2.36 bits per heavy atom. The highest BCUT2D eigenvalue weighted by atomic mass is 32.7. The van der Waals surface area contributed by atoms with E-state index in [1.165, 1.54) is 29.2 Å². The Kier molecular flexibility index (Phi) is 7.87. The predicted molar refractivity (Wildman–Crippen MR) is 117 cm³/mol. The van der Waals surface area contributed by atoms with E-state index in [1.54, 1.807) is 37.4 Å². The first-order chi connectivity index (χ1) is 13.3. The van der Waals surface area contributed by atoms with E-state index in [2.05, 4.69) is 10.4 Å². The third kappa shape index (κ3) is 5.47. The molecule has 2 N–H and O–H groups in total. The minimum absolute atomic E-state index is 0.136. The summed E-state index contributed by atoms with van der Waals surface area (Å²) < 4.78 is 14.5. The van der Waals surface area contributed by atoms with E-state index in [0.29, 0.717) is 16.8 Å². The predicted octanol–water partition coefficient (Wildman–Crippen LogP) is 4.87. The van der Waals surface area contributed by atoms with Crippen LogP contribution < -0.4 is 10.4 Å². The zero-order valence-electron chi connectivity index (χ0n) is 16.5. The van der Waals surface area contributed by atoms with Gasteiger partial charge in [-0.05, 0) is 43.8 Å². The van der Waals surface area contributed by atoms with Crippen LogP contribution in [0, 0.1) is 0 Å². The molecule has 0 aromatic heterocycles. The van der Waals surface area contributed by atoms with Crippen LogP contribution in [0.3, 0.4) is 0 Å². The Morgan fingerprint density at radius 1 is 1.11 bits per heavy atom. The van der Waals surface area contributed by atoms with Crippen LogP contribution in [0.15, 0.2) is 54.6 Å². The summed E-state index contributed by atoms with van der Waals surface area (Å²) >= 11 is 1.26. The van der Waals surface area contributed by atoms with Crippen LogP contribution in [-0.4, -0.2) is 35.8 Å². The Labute approximate surface area is 170 Å². The number of nitrogens with zero attached hydrogens (tertiary/aromatic N) is 1. The second-order valence-electron chi connectivity index (χ2n) is 6.30. The largest absolute Gasteiger partial charge is 0.322 e. The summed E-state index contributed by atoms with van der Waals surface area (Å²) in [5.74, 6) is -0.711. The van der Waals surface area contributed by atoms with Crippen molar-refractivity contribution < 1.29 is 14.2 Å². The van der Waals surface area contributed by atoms with Gasteiger partial charge in [-0.3, -0.25) is 18.8 Å². The first-order valence-electron chi connectivity index (χ1n) is 9.03. The first-order valence-corrected chi connectivity index (χ1v) is 12.2.